The molecule has 0 amide bonds. The van der Waals surface area contributed by atoms with Crippen LogP contribution >= 0.6 is 0 Å². The molecule has 0 aliphatic carbocycles. The average molecular weight is 462 g/mol. The minimum Gasteiger partial charge on any atom is -0.493 e. The zero-order valence-electron chi connectivity index (χ0n) is 18.9. The first-order valence-corrected chi connectivity index (χ1v) is 11.5. The predicted molar refractivity (Wildman–Crippen MR) is 134 cm³/mol. The van der Waals surface area contributed by atoms with Gasteiger partial charge in [0.1, 0.15) is 23.1 Å². The molecule has 0 radical (unpaired) electrons. The van der Waals surface area contributed by atoms with Gasteiger partial charge in [-0.1, -0.05) is 36.4 Å². The molecule has 2 aromatic carbocycles. The van der Waals surface area contributed by atoms with Crippen molar-refractivity contribution in [1.29, 1.82) is 0 Å². The Bertz CT molecular complexity index is 1440. The Labute approximate surface area is 202 Å². The predicted octanol–water partition coefficient (Wildman–Crippen LogP) is 6.12. The number of pyridine rings is 2. The fraction of sp³-hybridized carbons (Fsp3) is 0.107. The first-order chi connectivity index (χ1) is 17.3. The molecule has 6 rings (SSSR count). The topological polar surface area (TPSA) is 85.0 Å². The number of imidazole rings is 1. The van der Waals surface area contributed by atoms with Crippen molar-refractivity contribution in [2.24, 2.45) is 0 Å². The van der Waals surface area contributed by atoms with Gasteiger partial charge in [0.2, 0.25) is 0 Å². The smallest absolute Gasteiger partial charge is 0.175 e. The lowest BCUT2D eigenvalue weighted by atomic mass is 9.96. The number of H-pyrrole nitrogens is 1. The Balaban J connectivity index is 1.21. The molecule has 1 unspecified atom stereocenters. The molecule has 0 fully saturated rings. The van der Waals surface area contributed by atoms with Crippen molar-refractivity contribution >= 4 is 11.6 Å². The van der Waals surface area contributed by atoms with Gasteiger partial charge in [0.05, 0.1) is 18.2 Å². The number of fused-ring (bicyclic) bond motifs is 1. The zero-order chi connectivity index (χ0) is 23.5. The van der Waals surface area contributed by atoms with Gasteiger partial charge >= 0.3 is 0 Å². The van der Waals surface area contributed by atoms with Crippen LogP contribution in [0.4, 0.5) is 11.6 Å². The van der Waals surface area contributed by atoms with Crippen molar-refractivity contribution in [2.75, 3.05) is 11.9 Å². The van der Waals surface area contributed by atoms with Gasteiger partial charge in [-0.15, -0.1) is 0 Å². The average Bonchev–Trinajstić information content (AvgIpc) is 3.41. The summed E-state index contributed by atoms with van der Waals surface area (Å²) in [4.78, 5) is 16.9. The van der Waals surface area contributed by atoms with E-state index in [1.807, 2.05) is 72.9 Å². The quantitative estimate of drug-likeness (QED) is 0.317. The van der Waals surface area contributed by atoms with E-state index in [2.05, 4.69) is 32.4 Å². The van der Waals surface area contributed by atoms with Crippen molar-refractivity contribution in [3.63, 3.8) is 0 Å². The third-order valence-electron chi connectivity index (χ3n) is 5.90. The molecular weight excluding hydrogens is 438 g/mol. The Morgan fingerprint density at radius 2 is 1.80 bits per heavy atom. The highest BCUT2D eigenvalue weighted by atomic mass is 16.5. The number of rotatable bonds is 6. The number of anilines is 2. The number of hydrogen-bond acceptors (Lipinski definition) is 6. The van der Waals surface area contributed by atoms with E-state index in [1.54, 1.807) is 12.4 Å². The highest BCUT2D eigenvalue weighted by Crippen LogP contribution is 2.37. The molecule has 2 N–H and O–H groups in total. The summed E-state index contributed by atoms with van der Waals surface area (Å²) < 4.78 is 12.3. The number of nitrogens with zero attached hydrogens (tertiary/aromatic N) is 3. The van der Waals surface area contributed by atoms with E-state index >= 15 is 0 Å². The molecular formula is C28H23N5O2. The van der Waals surface area contributed by atoms with Crippen LogP contribution in [0.2, 0.25) is 0 Å². The minimum absolute atomic E-state index is 0.134. The second-order valence-electron chi connectivity index (χ2n) is 8.31. The summed E-state index contributed by atoms with van der Waals surface area (Å²) >= 11 is 0. The van der Waals surface area contributed by atoms with Crippen LogP contribution in [-0.2, 0) is 6.42 Å². The Kier molecular flexibility index (Phi) is 5.56. The second kappa shape index (κ2) is 9.30. The molecule has 0 spiro atoms. The lowest BCUT2D eigenvalue weighted by Gasteiger charge is -2.24. The van der Waals surface area contributed by atoms with Gasteiger partial charge in [-0.2, -0.15) is 0 Å². The normalized spacial score (nSPS) is 14.6. The highest BCUT2D eigenvalue weighted by Gasteiger charge is 2.24. The molecule has 0 bridgehead atoms. The molecule has 0 saturated heterocycles. The maximum absolute atomic E-state index is 6.22. The molecule has 0 saturated carbocycles. The molecule has 3 aromatic heterocycles. The monoisotopic (exact) mass is 461 g/mol. The summed E-state index contributed by atoms with van der Waals surface area (Å²) in [6.07, 6.45) is 6.21. The number of ether oxygens (including phenoxy) is 2. The standard InChI is InChI=1S/C28H23N5O2/c1-2-7-19(8-3-1)23-17-31-27(32-23)21-15-20-16-22(11-12-24(20)34-18-21)35-25-9-6-14-30-28(25)33-26-10-4-5-13-29-26/h1-14,16-17,21H,15,18H2,(H,31,32)(H,29,30,33). The molecule has 7 nitrogen and oxygen atoms in total. The lowest BCUT2D eigenvalue weighted by Crippen LogP contribution is -2.20. The summed E-state index contributed by atoms with van der Waals surface area (Å²) in [6.45, 7) is 0.579. The molecule has 1 aliphatic rings. The number of aromatic nitrogens is 4. The van der Waals surface area contributed by atoms with Crippen LogP contribution in [0.5, 0.6) is 17.2 Å². The van der Waals surface area contributed by atoms with Crippen molar-refractivity contribution in [1.82, 2.24) is 19.9 Å². The molecule has 1 atom stereocenters. The van der Waals surface area contributed by atoms with E-state index in [1.165, 1.54) is 0 Å². The van der Waals surface area contributed by atoms with E-state index < -0.39 is 0 Å². The Hall–Kier alpha value is -4.65. The highest BCUT2D eigenvalue weighted by molar-refractivity contribution is 5.60. The van der Waals surface area contributed by atoms with Gasteiger partial charge in [-0.3, -0.25) is 0 Å². The molecule has 1 aliphatic heterocycles. The van der Waals surface area contributed by atoms with Crippen LogP contribution in [0.15, 0.2) is 97.5 Å². The van der Waals surface area contributed by atoms with E-state index in [0.717, 1.165) is 40.6 Å². The SMILES string of the molecule is c1ccc(-c2c[nH]c(C3COc4ccc(Oc5cccnc5Nc5ccccn5)cc4C3)n2)cc1. The van der Waals surface area contributed by atoms with E-state index in [9.17, 15) is 0 Å². The Morgan fingerprint density at radius 1 is 0.914 bits per heavy atom. The van der Waals surface area contributed by atoms with Crippen LogP contribution in [0, 0.1) is 0 Å². The first-order valence-electron chi connectivity index (χ1n) is 11.5. The van der Waals surface area contributed by atoms with Crippen molar-refractivity contribution in [3.8, 4) is 28.5 Å². The third kappa shape index (κ3) is 4.56. The van der Waals surface area contributed by atoms with E-state index in [0.29, 0.717) is 24.0 Å². The Morgan fingerprint density at radius 3 is 2.69 bits per heavy atom. The molecule has 35 heavy (non-hydrogen) atoms. The number of nitrogens with one attached hydrogen (secondary N) is 2. The first kappa shape index (κ1) is 20.9. The van der Waals surface area contributed by atoms with Gasteiger partial charge in [0.25, 0.3) is 0 Å². The van der Waals surface area contributed by atoms with E-state index in [4.69, 9.17) is 14.5 Å². The van der Waals surface area contributed by atoms with Gasteiger partial charge in [0, 0.05) is 24.2 Å². The minimum atomic E-state index is 0.134. The maximum Gasteiger partial charge on any atom is 0.175 e. The largest absolute Gasteiger partial charge is 0.493 e. The van der Waals surface area contributed by atoms with Crippen molar-refractivity contribution in [3.05, 3.63) is 109 Å². The number of hydrogen-bond donors (Lipinski definition) is 2. The van der Waals surface area contributed by atoms with Crippen LogP contribution < -0.4 is 14.8 Å². The molecule has 4 heterocycles. The van der Waals surface area contributed by atoms with Gasteiger partial charge in [-0.25, -0.2) is 15.0 Å². The molecule has 5 aromatic rings. The summed E-state index contributed by atoms with van der Waals surface area (Å²) in [5.41, 5.74) is 3.11. The zero-order valence-corrected chi connectivity index (χ0v) is 18.9. The lowest BCUT2D eigenvalue weighted by molar-refractivity contribution is 0.257. The third-order valence-corrected chi connectivity index (χ3v) is 5.90. The second-order valence-corrected chi connectivity index (χ2v) is 8.31. The summed E-state index contributed by atoms with van der Waals surface area (Å²) in [5, 5.41) is 3.22. The summed E-state index contributed by atoms with van der Waals surface area (Å²) in [5.74, 6) is 4.57. The fourth-order valence-corrected chi connectivity index (χ4v) is 4.16. The van der Waals surface area contributed by atoms with Gasteiger partial charge in [0.15, 0.2) is 11.6 Å². The van der Waals surface area contributed by atoms with Crippen molar-refractivity contribution < 1.29 is 9.47 Å². The van der Waals surface area contributed by atoms with Crippen LogP contribution in [0.25, 0.3) is 11.3 Å². The fourth-order valence-electron chi connectivity index (χ4n) is 4.16. The van der Waals surface area contributed by atoms with Crippen LogP contribution in [0.1, 0.15) is 17.3 Å². The van der Waals surface area contributed by atoms with Gasteiger partial charge < -0.3 is 19.8 Å². The van der Waals surface area contributed by atoms with Gasteiger partial charge in [-0.05, 0) is 54.4 Å². The summed E-state index contributed by atoms with van der Waals surface area (Å²) in [7, 11) is 0. The maximum atomic E-state index is 6.22. The van der Waals surface area contributed by atoms with E-state index in [-0.39, 0.29) is 5.92 Å². The van der Waals surface area contributed by atoms with Crippen LogP contribution in [0.3, 0.4) is 0 Å². The van der Waals surface area contributed by atoms with Crippen molar-refractivity contribution in [2.45, 2.75) is 12.3 Å². The number of aromatic amines is 1. The molecule has 7 heteroatoms. The van der Waals surface area contributed by atoms with Crippen LogP contribution in [-0.4, -0.2) is 26.5 Å². The molecule has 172 valence electrons. The summed E-state index contributed by atoms with van der Waals surface area (Å²) in [6, 6.07) is 25.5. The number of benzene rings is 2.